The van der Waals surface area contributed by atoms with E-state index in [2.05, 4.69) is 5.32 Å². The van der Waals surface area contributed by atoms with E-state index in [0.29, 0.717) is 13.0 Å². The fraction of sp³-hybridized carbons (Fsp3) is 0.417. The lowest BCUT2D eigenvalue weighted by Gasteiger charge is -2.12. The zero-order valence-electron chi connectivity index (χ0n) is 9.66. The van der Waals surface area contributed by atoms with Gasteiger partial charge in [-0.2, -0.15) is 0 Å². The third kappa shape index (κ3) is 3.24. The lowest BCUT2D eigenvalue weighted by Crippen LogP contribution is -2.32. The van der Waals surface area contributed by atoms with E-state index < -0.39 is 12.0 Å². The number of benzene rings is 1. The molecule has 1 aromatic carbocycles. The average molecular weight is 222 g/mol. The number of aliphatic carboxylic acids is 1. The Morgan fingerprint density at radius 3 is 2.81 bits per heavy atom. The van der Waals surface area contributed by atoms with E-state index in [1.807, 2.05) is 32.0 Å². The van der Waals surface area contributed by atoms with Gasteiger partial charge in [-0.25, -0.2) is 0 Å². The van der Waals surface area contributed by atoms with Crippen LogP contribution in [-0.4, -0.2) is 23.7 Å². The molecule has 0 aromatic heterocycles. The molecular formula is C12H18N2O2. The predicted octanol–water partition coefficient (Wildman–Crippen LogP) is 1.52. The maximum absolute atomic E-state index is 10.5. The molecule has 0 saturated carbocycles. The number of carboxylic acid groups (broad SMARTS) is 1. The van der Waals surface area contributed by atoms with E-state index in [9.17, 15) is 4.79 Å². The Morgan fingerprint density at radius 1 is 1.50 bits per heavy atom. The molecular weight excluding hydrogens is 204 g/mol. The Bertz CT molecular complexity index is 377. The molecule has 88 valence electrons. The predicted molar refractivity (Wildman–Crippen MR) is 64.6 cm³/mol. The van der Waals surface area contributed by atoms with Gasteiger partial charge in [0, 0.05) is 12.2 Å². The van der Waals surface area contributed by atoms with Crippen LogP contribution >= 0.6 is 0 Å². The monoisotopic (exact) mass is 222 g/mol. The van der Waals surface area contributed by atoms with Gasteiger partial charge in [-0.1, -0.05) is 12.1 Å². The molecule has 0 amide bonds. The second kappa shape index (κ2) is 5.51. The van der Waals surface area contributed by atoms with Crippen LogP contribution in [0.25, 0.3) is 0 Å². The highest BCUT2D eigenvalue weighted by atomic mass is 16.4. The Balaban J connectivity index is 2.49. The summed E-state index contributed by atoms with van der Waals surface area (Å²) in [5.74, 6) is -0.956. The number of nitrogens with two attached hydrogens (primary N) is 1. The fourth-order valence-corrected chi connectivity index (χ4v) is 1.43. The molecule has 1 aromatic rings. The highest BCUT2D eigenvalue weighted by molar-refractivity contribution is 5.73. The number of hydrogen-bond donors (Lipinski definition) is 3. The summed E-state index contributed by atoms with van der Waals surface area (Å²) in [4.78, 5) is 10.5. The average Bonchev–Trinajstić information content (AvgIpc) is 2.24. The van der Waals surface area contributed by atoms with Crippen molar-refractivity contribution in [1.29, 1.82) is 0 Å². The van der Waals surface area contributed by atoms with Crippen molar-refractivity contribution in [2.45, 2.75) is 26.3 Å². The second-order valence-electron chi connectivity index (χ2n) is 3.91. The van der Waals surface area contributed by atoms with Crippen molar-refractivity contribution in [2.24, 2.45) is 5.73 Å². The molecule has 0 saturated heterocycles. The Morgan fingerprint density at radius 2 is 2.19 bits per heavy atom. The Kier molecular flexibility index (Phi) is 4.31. The zero-order chi connectivity index (χ0) is 12.1. The van der Waals surface area contributed by atoms with Crippen molar-refractivity contribution in [2.75, 3.05) is 11.9 Å². The summed E-state index contributed by atoms with van der Waals surface area (Å²) in [5.41, 5.74) is 8.85. The Hall–Kier alpha value is -1.55. The zero-order valence-corrected chi connectivity index (χ0v) is 9.66. The van der Waals surface area contributed by atoms with Crippen molar-refractivity contribution in [3.05, 3.63) is 29.3 Å². The highest BCUT2D eigenvalue weighted by Gasteiger charge is 2.10. The summed E-state index contributed by atoms with van der Waals surface area (Å²) < 4.78 is 0. The molecule has 1 unspecified atom stereocenters. The summed E-state index contributed by atoms with van der Waals surface area (Å²) in [6.45, 7) is 4.65. The topological polar surface area (TPSA) is 75.3 Å². The molecule has 0 fully saturated rings. The molecule has 0 radical (unpaired) electrons. The van der Waals surface area contributed by atoms with Crippen LogP contribution in [-0.2, 0) is 4.79 Å². The first-order valence-electron chi connectivity index (χ1n) is 5.31. The first-order chi connectivity index (χ1) is 7.52. The van der Waals surface area contributed by atoms with E-state index >= 15 is 0 Å². The molecule has 4 nitrogen and oxygen atoms in total. The maximum atomic E-state index is 10.5. The van der Waals surface area contributed by atoms with E-state index in [-0.39, 0.29) is 0 Å². The molecule has 0 aliphatic heterocycles. The molecule has 0 spiro atoms. The van der Waals surface area contributed by atoms with Gasteiger partial charge in [0.1, 0.15) is 6.04 Å². The molecule has 16 heavy (non-hydrogen) atoms. The number of nitrogens with one attached hydrogen (secondary N) is 1. The van der Waals surface area contributed by atoms with Crippen LogP contribution in [0.2, 0.25) is 0 Å². The molecule has 4 N–H and O–H groups in total. The lowest BCUT2D eigenvalue weighted by molar-refractivity contribution is -0.138. The molecule has 0 heterocycles. The maximum Gasteiger partial charge on any atom is 0.320 e. The fourth-order valence-electron chi connectivity index (χ4n) is 1.43. The third-order valence-corrected chi connectivity index (χ3v) is 2.69. The summed E-state index contributed by atoms with van der Waals surface area (Å²) >= 11 is 0. The van der Waals surface area contributed by atoms with E-state index in [1.54, 1.807) is 0 Å². The van der Waals surface area contributed by atoms with Gasteiger partial charge in [-0.15, -0.1) is 0 Å². The van der Waals surface area contributed by atoms with Crippen molar-refractivity contribution in [1.82, 2.24) is 0 Å². The number of carbonyl (C=O) groups is 1. The number of anilines is 1. The minimum absolute atomic E-state index is 0.419. The van der Waals surface area contributed by atoms with Gasteiger partial charge < -0.3 is 16.2 Å². The van der Waals surface area contributed by atoms with Gasteiger partial charge in [0.2, 0.25) is 0 Å². The summed E-state index contributed by atoms with van der Waals surface area (Å²) in [5, 5.41) is 11.8. The largest absolute Gasteiger partial charge is 0.480 e. The van der Waals surface area contributed by atoms with Crippen LogP contribution in [0.5, 0.6) is 0 Å². The van der Waals surface area contributed by atoms with Crippen LogP contribution in [0.4, 0.5) is 5.69 Å². The van der Waals surface area contributed by atoms with Gasteiger partial charge in [-0.3, -0.25) is 4.79 Å². The first kappa shape index (κ1) is 12.5. The molecule has 0 aliphatic carbocycles. The van der Waals surface area contributed by atoms with Crippen molar-refractivity contribution in [3.8, 4) is 0 Å². The minimum atomic E-state index is -0.956. The van der Waals surface area contributed by atoms with E-state index in [4.69, 9.17) is 10.8 Å². The number of rotatable bonds is 5. The molecule has 1 rings (SSSR count). The van der Waals surface area contributed by atoms with Crippen LogP contribution in [0.3, 0.4) is 0 Å². The van der Waals surface area contributed by atoms with Gasteiger partial charge in [0.05, 0.1) is 0 Å². The smallest absolute Gasteiger partial charge is 0.320 e. The summed E-state index contributed by atoms with van der Waals surface area (Å²) in [7, 11) is 0. The van der Waals surface area contributed by atoms with Gasteiger partial charge in [-0.05, 0) is 37.5 Å². The molecule has 1 atom stereocenters. The van der Waals surface area contributed by atoms with Gasteiger partial charge >= 0.3 is 5.97 Å². The Labute approximate surface area is 95.5 Å². The standard InChI is InChI=1S/C12H18N2O2/c1-8-4-3-5-11(9(8)2)14-7-6-10(13)12(15)16/h3-5,10,14H,6-7,13H2,1-2H3,(H,15,16). The van der Waals surface area contributed by atoms with Crippen LogP contribution in [0, 0.1) is 13.8 Å². The molecule has 0 bridgehead atoms. The van der Waals surface area contributed by atoms with Crippen LogP contribution in [0.1, 0.15) is 17.5 Å². The number of carboxylic acids is 1. The summed E-state index contributed by atoms with van der Waals surface area (Å²) in [6.07, 6.45) is 0.419. The SMILES string of the molecule is Cc1cccc(NCCC(N)C(=O)O)c1C. The summed E-state index contributed by atoms with van der Waals surface area (Å²) in [6, 6.07) is 5.21. The van der Waals surface area contributed by atoms with Crippen molar-refractivity contribution >= 4 is 11.7 Å². The van der Waals surface area contributed by atoms with Gasteiger partial charge in [0.15, 0.2) is 0 Å². The van der Waals surface area contributed by atoms with Crippen molar-refractivity contribution in [3.63, 3.8) is 0 Å². The van der Waals surface area contributed by atoms with Crippen LogP contribution in [0.15, 0.2) is 18.2 Å². The first-order valence-corrected chi connectivity index (χ1v) is 5.31. The van der Waals surface area contributed by atoms with Crippen LogP contribution < -0.4 is 11.1 Å². The highest BCUT2D eigenvalue weighted by Crippen LogP contribution is 2.17. The third-order valence-electron chi connectivity index (χ3n) is 2.69. The number of hydrogen-bond acceptors (Lipinski definition) is 3. The van der Waals surface area contributed by atoms with E-state index in [0.717, 1.165) is 5.69 Å². The van der Waals surface area contributed by atoms with E-state index in [1.165, 1.54) is 11.1 Å². The lowest BCUT2D eigenvalue weighted by atomic mass is 10.1. The molecule has 0 aliphatic rings. The van der Waals surface area contributed by atoms with Gasteiger partial charge in [0.25, 0.3) is 0 Å². The second-order valence-corrected chi connectivity index (χ2v) is 3.91. The normalized spacial score (nSPS) is 12.2. The minimum Gasteiger partial charge on any atom is -0.480 e. The molecule has 4 heteroatoms. The van der Waals surface area contributed by atoms with Crippen molar-refractivity contribution < 1.29 is 9.90 Å². The number of aryl methyl sites for hydroxylation is 1. The quantitative estimate of drug-likeness (QED) is 0.706.